The molecule has 0 spiro atoms. The van der Waals surface area contributed by atoms with Gasteiger partial charge in [-0.2, -0.15) is 4.98 Å². The predicted molar refractivity (Wildman–Crippen MR) is 88.4 cm³/mol. The van der Waals surface area contributed by atoms with E-state index < -0.39 is 11.6 Å². The lowest BCUT2D eigenvalue weighted by Crippen LogP contribution is -2.54. The lowest BCUT2D eigenvalue weighted by molar-refractivity contribution is 0.0615. The predicted octanol–water partition coefficient (Wildman–Crippen LogP) is 2.89. The van der Waals surface area contributed by atoms with Crippen LogP contribution in [0.3, 0.4) is 0 Å². The van der Waals surface area contributed by atoms with Crippen molar-refractivity contribution in [1.82, 2.24) is 14.9 Å². The van der Waals surface area contributed by atoms with Gasteiger partial charge in [0.2, 0.25) is 11.8 Å². The minimum atomic E-state index is -0.878. The lowest BCUT2D eigenvalue weighted by atomic mass is 9.97. The molecule has 1 aromatic rings. The molecule has 1 aliphatic rings. The second kappa shape index (κ2) is 6.78. The first kappa shape index (κ1) is 17.6. The quantitative estimate of drug-likeness (QED) is 0.851. The van der Waals surface area contributed by atoms with Crippen LogP contribution in [-0.4, -0.2) is 57.8 Å². The molecule has 1 aromatic heterocycles. The van der Waals surface area contributed by atoms with Gasteiger partial charge in [0.1, 0.15) is 5.15 Å². The Morgan fingerprint density at radius 1 is 1.39 bits per heavy atom. The molecule has 2 rings (SSSR count). The fourth-order valence-electron chi connectivity index (χ4n) is 2.95. The van der Waals surface area contributed by atoms with Crippen LogP contribution in [0.1, 0.15) is 33.6 Å². The number of rotatable bonds is 3. The number of halogens is 1. The molecule has 2 heterocycles. The number of hydrogen-bond acceptors (Lipinski definition) is 5. The molecule has 0 bridgehead atoms. The summed E-state index contributed by atoms with van der Waals surface area (Å²) in [5.74, 6) is 0.939. The SMILES string of the molecule is COc1cc(Cl)nc(N2CCC(N(C(=O)O)C(C)(C)C)CC2)n1. The summed E-state index contributed by atoms with van der Waals surface area (Å²) in [4.78, 5) is 23.7. The summed E-state index contributed by atoms with van der Waals surface area (Å²) in [6.07, 6.45) is 0.570. The highest BCUT2D eigenvalue weighted by Crippen LogP contribution is 2.27. The van der Waals surface area contributed by atoms with Gasteiger partial charge in [0, 0.05) is 30.7 Å². The number of nitrogens with zero attached hydrogens (tertiary/aromatic N) is 4. The fraction of sp³-hybridized carbons (Fsp3) is 0.667. The van der Waals surface area contributed by atoms with E-state index in [0.717, 1.165) is 12.8 Å². The van der Waals surface area contributed by atoms with Crippen molar-refractivity contribution >= 4 is 23.6 Å². The number of methoxy groups -OCH3 is 1. The molecule has 1 amide bonds. The summed E-state index contributed by atoms with van der Waals surface area (Å²) < 4.78 is 5.11. The highest BCUT2D eigenvalue weighted by molar-refractivity contribution is 6.29. The third-order valence-corrected chi connectivity index (χ3v) is 4.10. The number of amides is 1. The second-order valence-electron chi connectivity index (χ2n) is 6.57. The maximum atomic E-state index is 11.6. The Morgan fingerprint density at radius 2 is 2.00 bits per heavy atom. The number of aromatic nitrogens is 2. The Kier molecular flexibility index (Phi) is 5.19. The molecule has 7 nitrogen and oxygen atoms in total. The Bertz CT molecular complexity index is 568. The van der Waals surface area contributed by atoms with Gasteiger partial charge in [0.15, 0.2) is 0 Å². The lowest BCUT2D eigenvalue weighted by Gasteiger charge is -2.43. The zero-order valence-electron chi connectivity index (χ0n) is 13.9. The molecule has 1 fully saturated rings. The van der Waals surface area contributed by atoms with Crippen LogP contribution in [0.2, 0.25) is 5.15 Å². The molecule has 0 aromatic carbocycles. The van der Waals surface area contributed by atoms with E-state index in [1.807, 2.05) is 25.7 Å². The number of hydrogen-bond donors (Lipinski definition) is 1. The minimum Gasteiger partial charge on any atom is -0.481 e. The molecule has 0 saturated carbocycles. The first-order chi connectivity index (χ1) is 10.7. The molecule has 0 atom stereocenters. The summed E-state index contributed by atoms with van der Waals surface area (Å²) in [7, 11) is 1.53. The van der Waals surface area contributed by atoms with Crippen molar-refractivity contribution in [2.75, 3.05) is 25.1 Å². The van der Waals surface area contributed by atoms with Crippen molar-refractivity contribution in [3.05, 3.63) is 11.2 Å². The van der Waals surface area contributed by atoms with Crippen LogP contribution in [-0.2, 0) is 0 Å². The van der Waals surface area contributed by atoms with E-state index in [1.54, 1.807) is 11.0 Å². The van der Waals surface area contributed by atoms with Crippen LogP contribution >= 0.6 is 11.6 Å². The third-order valence-electron chi connectivity index (χ3n) is 3.91. The van der Waals surface area contributed by atoms with E-state index in [0.29, 0.717) is 30.1 Å². The number of piperidine rings is 1. The normalized spacial score (nSPS) is 16.3. The first-order valence-electron chi connectivity index (χ1n) is 7.58. The molecule has 8 heteroatoms. The zero-order chi connectivity index (χ0) is 17.2. The zero-order valence-corrected chi connectivity index (χ0v) is 14.7. The maximum absolute atomic E-state index is 11.6. The first-order valence-corrected chi connectivity index (χ1v) is 7.96. The smallest absolute Gasteiger partial charge is 0.407 e. The van der Waals surface area contributed by atoms with Crippen molar-refractivity contribution in [1.29, 1.82) is 0 Å². The number of anilines is 1. The second-order valence-corrected chi connectivity index (χ2v) is 6.96. The topological polar surface area (TPSA) is 78.8 Å². The molecule has 0 unspecified atom stereocenters. The number of ether oxygens (including phenoxy) is 1. The van der Waals surface area contributed by atoms with E-state index in [4.69, 9.17) is 16.3 Å². The molecular weight excluding hydrogens is 320 g/mol. The van der Waals surface area contributed by atoms with Crippen molar-refractivity contribution in [2.24, 2.45) is 0 Å². The van der Waals surface area contributed by atoms with Crippen LogP contribution in [0.4, 0.5) is 10.7 Å². The monoisotopic (exact) mass is 342 g/mol. The Hall–Kier alpha value is -1.76. The highest BCUT2D eigenvalue weighted by atomic mass is 35.5. The Labute approximate surface area is 141 Å². The van der Waals surface area contributed by atoms with Crippen LogP contribution in [0, 0.1) is 0 Å². The average molecular weight is 343 g/mol. The summed E-state index contributed by atoms with van der Waals surface area (Å²) >= 11 is 5.98. The number of carbonyl (C=O) groups is 1. The third kappa shape index (κ3) is 4.16. The van der Waals surface area contributed by atoms with Crippen molar-refractivity contribution in [3.8, 4) is 5.88 Å². The summed E-state index contributed by atoms with van der Waals surface area (Å²) in [5.41, 5.74) is -0.422. The molecule has 128 valence electrons. The molecule has 1 saturated heterocycles. The van der Waals surface area contributed by atoms with Crippen LogP contribution < -0.4 is 9.64 Å². The largest absolute Gasteiger partial charge is 0.481 e. The van der Waals surface area contributed by atoms with E-state index in [2.05, 4.69) is 9.97 Å². The van der Waals surface area contributed by atoms with E-state index in [9.17, 15) is 9.90 Å². The van der Waals surface area contributed by atoms with Crippen LogP contribution in [0.5, 0.6) is 5.88 Å². The average Bonchev–Trinajstić information content (AvgIpc) is 2.45. The van der Waals surface area contributed by atoms with Gasteiger partial charge in [-0.3, -0.25) is 0 Å². The fourth-order valence-corrected chi connectivity index (χ4v) is 3.12. The van der Waals surface area contributed by atoms with E-state index in [-0.39, 0.29) is 6.04 Å². The number of carboxylic acid groups (broad SMARTS) is 1. The molecule has 1 aliphatic heterocycles. The van der Waals surface area contributed by atoms with Gasteiger partial charge >= 0.3 is 6.09 Å². The highest BCUT2D eigenvalue weighted by Gasteiger charge is 2.35. The van der Waals surface area contributed by atoms with Crippen molar-refractivity contribution in [2.45, 2.75) is 45.2 Å². The molecule has 0 radical (unpaired) electrons. The van der Waals surface area contributed by atoms with Gasteiger partial charge in [0.25, 0.3) is 0 Å². The molecule has 1 N–H and O–H groups in total. The van der Waals surface area contributed by atoms with E-state index in [1.165, 1.54) is 7.11 Å². The van der Waals surface area contributed by atoms with Gasteiger partial charge in [-0.15, -0.1) is 0 Å². The van der Waals surface area contributed by atoms with Crippen LogP contribution in [0.25, 0.3) is 0 Å². The molecule has 23 heavy (non-hydrogen) atoms. The van der Waals surface area contributed by atoms with Crippen molar-refractivity contribution < 1.29 is 14.6 Å². The van der Waals surface area contributed by atoms with Gasteiger partial charge < -0.3 is 19.6 Å². The molecular formula is C15H23ClN4O3. The van der Waals surface area contributed by atoms with Gasteiger partial charge in [-0.1, -0.05) is 11.6 Å². The summed E-state index contributed by atoms with van der Waals surface area (Å²) in [6.45, 7) is 7.09. The molecule has 0 aliphatic carbocycles. The summed E-state index contributed by atoms with van der Waals surface area (Å²) in [5, 5.41) is 9.83. The Balaban J connectivity index is 2.09. The standard InChI is InChI=1S/C15H23ClN4O3/c1-15(2,3)20(14(21)22)10-5-7-19(8-6-10)13-17-11(16)9-12(18-13)23-4/h9-10H,5-8H2,1-4H3,(H,21,22). The van der Waals surface area contributed by atoms with Gasteiger partial charge in [0.05, 0.1) is 7.11 Å². The van der Waals surface area contributed by atoms with Gasteiger partial charge in [-0.25, -0.2) is 9.78 Å². The van der Waals surface area contributed by atoms with Crippen molar-refractivity contribution in [3.63, 3.8) is 0 Å². The Morgan fingerprint density at radius 3 is 2.48 bits per heavy atom. The summed E-state index contributed by atoms with van der Waals surface area (Å²) in [6, 6.07) is 1.55. The van der Waals surface area contributed by atoms with Gasteiger partial charge in [-0.05, 0) is 33.6 Å². The maximum Gasteiger partial charge on any atom is 0.407 e. The van der Waals surface area contributed by atoms with Crippen LogP contribution in [0.15, 0.2) is 6.07 Å². The minimum absolute atomic E-state index is 0.00942. The van der Waals surface area contributed by atoms with E-state index >= 15 is 0 Å².